The topological polar surface area (TPSA) is 96.0 Å². The Bertz CT molecular complexity index is 963. The van der Waals surface area contributed by atoms with Crippen LogP contribution in [0.4, 0.5) is 8.78 Å². The Kier molecular flexibility index (Phi) is 4.65. The van der Waals surface area contributed by atoms with Crippen molar-refractivity contribution in [1.82, 2.24) is 15.1 Å². The van der Waals surface area contributed by atoms with Gasteiger partial charge in [-0.25, -0.2) is 8.78 Å². The predicted molar refractivity (Wildman–Crippen MR) is 92.8 cm³/mol. The van der Waals surface area contributed by atoms with Crippen LogP contribution in [0, 0.1) is 11.6 Å². The molecule has 0 spiro atoms. The molecular weight excluding hydrogens is 388 g/mol. The lowest BCUT2D eigenvalue weighted by molar-refractivity contribution is -0.159. The van der Waals surface area contributed by atoms with Crippen molar-refractivity contribution in [2.45, 2.75) is 31.8 Å². The van der Waals surface area contributed by atoms with Crippen LogP contribution in [0.5, 0.6) is 0 Å². The number of benzene rings is 1. The molecule has 2 fully saturated rings. The van der Waals surface area contributed by atoms with E-state index in [1.54, 1.807) is 6.92 Å². The fourth-order valence-corrected chi connectivity index (χ4v) is 3.73. The van der Waals surface area contributed by atoms with Crippen LogP contribution in [0.1, 0.15) is 12.5 Å². The Labute approximate surface area is 164 Å². The van der Waals surface area contributed by atoms with Gasteiger partial charge in [-0.15, -0.1) is 0 Å². The van der Waals surface area contributed by atoms with E-state index in [-0.39, 0.29) is 24.7 Å². The standard InChI is InChI=1S/C19H17F2N3O5/c1-9-8-29-14-7-23-6-12(16(25)17(26)15(23)19(28)24(9)14)18(27)22-5-10-2-3-11(20)4-13(10)21/h2-4,6,9,14-15H,5,7-8H2,1H3,(H,22,27). The van der Waals surface area contributed by atoms with Gasteiger partial charge in [0.25, 0.3) is 11.8 Å². The maximum atomic E-state index is 13.7. The molecule has 4 rings (SSSR count). The van der Waals surface area contributed by atoms with Gasteiger partial charge in [0.15, 0.2) is 6.04 Å². The van der Waals surface area contributed by atoms with Gasteiger partial charge in [0.05, 0.1) is 19.2 Å². The van der Waals surface area contributed by atoms with Gasteiger partial charge >= 0.3 is 0 Å². The zero-order valence-electron chi connectivity index (χ0n) is 15.4. The van der Waals surface area contributed by atoms with E-state index >= 15 is 0 Å². The van der Waals surface area contributed by atoms with Gasteiger partial charge in [-0.1, -0.05) is 6.07 Å². The summed E-state index contributed by atoms with van der Waals surface area (Å²) in [5.41, 5.74) is -0.425. The van der Waals surface area contributed by atoms with Gasteiger partial charge < -0.3 is 19.9 Å². The maximum Gasteiger partial charge on any atom is 0.257 e. The zero-order valence-corrected chi connectivity index (χ0v) is 15.4. The Morgan fingerprint density at radius 1 is 1.28 bits per heavy atom. The van der Waals surface area contributed by atoms with Gasteiger partial charge in [-0.2, -0.15) is 0 Å². The minimum atomic E-state index is -1.31. The first-order valence-electron chi connectivity index (χ1n) is 9.00. The van der Waals surface area contributed by atoms with Crippen molar-refractivity contribution in [2.24, 2.45) is 0 Å². The summed E-state index contributed by atoms with van der Waals surface area (Å²) in [5, 5.41) is 2.34. The number of fused-ring (bicyclic) bond motifs is 2. The second-order valence-electron chi connectivity index (χ2n) is 7.14. The van der Waals surface area contributed by atoms with Crippen molar-refractivity contribution in [2.75, 3.05) is 13.2 Å². The molecule has 8 nitrogen and oxygen atoms in total. The molecule has 3 aliphatic rings. The molecule has 29 heavy (non-hydrogen) atoms. The largest absolute Gasteiger partial charge is 0.354 e. The highest BCUT2D eigenvalue weighted by atomic mass is 19.1. The number of ketones is 2. The molecule has 3 heterocycles. The highest BCUT2D eigenvalue weighted by Crippen LogP contribution is 2.29. The number of hydrogen-bond acceptors (Lipinski definition) is 6. The first kappa shape index (κ1) is 19.2. The smallest absolute Gasteiger partial charge is 0.257 e. The molecule has 0 aliphatic carbocycles. The Balaban J connectivity index is 1.53. The molecule has 0 radical (unpaired) electrons. The first-order valence-corrected chi connectivity index (χ1v) is 9.00. The number of rotatable bonds is 3. The average Bonchev–Trinajstić information content (AvgIpc) is 3.04. The number of Topliss-reactive ketones (excluding diaryl/α,β-unsaturated/α-hetero) is 2. The Hall–Kier alpha value is -3.14. The average molecular weight is 405 g/mol. The van der Waals surface area contributed by atoms with Crippen molar-refractivity contribution in [3.63, 3.8) is 0 Å². The zero-order chi connectivity index (χ0) is 20.9. The number of carbonyl (C=O) groups excluding carboxylic acids is 4. The third-order valence-electron chi connectivity index (χ3n) is 5.21. The molecule has 2 saturated heterocycles. The number of piperazine rings is 1. The number of nitrogens with zero attached hydrogens (tertiary/aromatic N) is 2. The summed E-state index contributed by atoms with van der Waals surface area (Å²) in [6.07, 6.45) is 0.607. The number of halogens is 2. The lowest BCUT2D eigenvalue weighted by atomic mass is 9.93. The minimum Gasteiger partial charge on any atom is -0.354 e. The van der Waals surface area contributed by atoms with Crippen LogP contribution < -0.4 is 5.32 Å². The molecular formula is C19H17F2N3O5. The summed E-state index contributed by atoms with van der Waals surface area (Å²) in [5.74, 6) is -5.10. The van der Waals surface area contributed by atoms with Gasteiger partial charge in [-0.3, -0.25) is 19.2 Å². The van der Waals surface area contributed by atoms with Crippen molar-refractivity contribution >= 4 is 23.4 Å². The van der Waals surface area contributed by atoms with Crippen LogP contribution in [-0.4, -0.2) is 64.6 Å². The molecule has 1 aromatic rings. The van der Waals surface area contributed by atoms with Crippen LogP contribution in [0.15, 0.2) is 30.0 Å². The summed E-state index contributed by atoms with van der Waals surface area (Å²) in [6, 6.07) is 1.36. The van der Waals surface area contributed by atoms with Crippen LogP contribution in [0.3, 0.4) is 0 Å². The molecule has 0 aromatic heterocycles. The van der Waals surface area contributed by atoms with E-state index in [1.807, 2.05) is 0 Å². The predicted octanol–water partition coefficient (Wildman–Crippen LogP) is -0.126. The van der Waals surface area contributed by atoms with Crippen molar-refractivity contribution < 1.29 is 32.7 Å². The molecule has 3 unspecified atom stereocenters. The summed E-state index contributed by atoms with van der Waals surface area (Å²) in [7, 11) is 0. The number of nitrogens with one attached hydrogen (secondary N) is 1. The van der Waals surface area contributed by atoms with Crippen molar-refractivity contribution in [3.8, 4) is 0 Å². The number of hydrogen-bond donors (Lipinski definition) is 1. The van der Waals surface area contributed by atoms with Gasteiger partial charge in [0.1, 0.15) is 23.4 Å². The van der Waals surface area contributed by atoms with Crippen LogP contribution in [0.25, 0.3) is 0 Å². The normalized spacial score (nSPS) is 26.2. The molecule has 3 aliphatic heterocycles. The summed E-state index contributed by atoms with van der Waals surface area (Å²) in [4.78, 5) is 52.9. The van der Waals surface area contributed by atoms with E-state index in [1.165, 1.54) is 22.1 Å². The molecule has 152 valence electrons. The van der Waals surface area contributed by atoms with Crippen LogP contribution in [-0.2, 0) is 30.5 Å². The van der Waals surface area contributed by atoms with Crippen LogP contribution >= 0.6 is 0 Å². The second-order valence-corrected chi connectivity index (χ2v) is 7.14. The molecule has 1 N–H and O–H groups in total. The molecule has 3 atom stereocenters. The fraction of sp³-hybridized carbons (Fsp3) is 0.368. The second kappa shape index (κ2) is 7.03. The molecule has 10 heteroatoms. The van der Waals surface area contributed by atoms with E-state index in [2.05, 4.69) is 5.32 Å². The van der Waals surface area contributed by atoms with Crippen molar-refractivity contribution in [3.05, 3.63) is 47.2 Å². The summed E-state index contributed by atoms with van der Waals surface area (Å²) >= 11 is 0. The molecule has 0 bridgehead atoms. The van der Waals surface area contributed by atoms with E-state index in [4.69, 9.17) is 4.74 Å². The van der Waals surface area contributed by atoms with Gasteiger partial charge in [-0.05, 0) is 13.0 Å². The van der Waals surface area contributed by atoms with Gasteiger partial charge in [0, 0.05) is 24.4 Å². The lowest BCUT2D eigenvalue weighted by Crippen LogP contribution is -2.65. The van der Waals surface area contributed by atoms with Crippen LogP contribution in [0.2, 0.25) is 0 Å². The monoisotopic (exact) mass is 405 g/mol. The van der Waals surface area contributed by atoms with Gasteiger partial charge in [0.2, 0.25) is 11.6 Å². The number of carbonyl (C=O) groups is 4. The molecule has 1 aromatic carbocycles. The number of amides is 2. The highest BCUT2D eigenvalue weighted by Gasteiger charge is 2.52. The Morgan fingerprint density at radius 3 is 2.76 bits per heavy atom. The third-order valence-corrected chi connectivity index (χ3v) is 5.21. The Morgan fingerprint density at radius 2 is 2.03 bits per heavy atom. The maximum absolute atomic E-state index is 13.7. The van der Waals surface area contributed by atoms with E-state index in [9.17, 15) is 28.0 Å². The summed E-state index contributed by atoms with van der Waals surface area (Å²) < 4.78 is 32.2. The number of ether oxygens (including phenoxy) is 1. The quantitative estimate of drug-likeness (QED) is 0.428. The highest BCUT2D eigenvalue weighted by molar-refractivity contribution is 6.53. The first-order chi connectivity index (χ1) is 13.8. The molecule has 2 amide bonds. The lowest BCUT2D eigenvalue weighted by Gasteiger charge is -2.43. The minimum absolute atomic E-state index is 0.0185. The van der Waals surface area contributed by atoms with E-state index in [0.717, 1.165) is 6.07 Å². The third kappa shape index (κ3) is 3.19. The molecule has 0 saturated carbocycles. The fourth-order valence-electron chi connectivity index (χ4n) is 3.73. The SMILES string of the molecule is CC1COC2CN3C=C(C(=O)NCc4ccc(F)cc4F)C(=O)C(=O)C3C(=O)N12. The van der Waals surface area contributed by atoms with E-state index < -0.39 is 52.9 Å². The van der Waals surface area contributed by atoms with Crippen molar-refractivity contribution in [1.29, 1.82) is 0 Å². The summed E-state index contributed by atoms with van der Waals surface area (Å²) in [6.45, 7) is 1.94. The van der Waals surface area contributed by atoms with E-state index in [0.29, 0.717) is 12.7 Å².